The van der Waals surface area contributed by atoms with Crippen LogP contribution in [0.5, 0.6) is 0 Å². The van der Waals surface area contributed by atoms with Crippen molar-refractivity contribution in [1.29, 1.82) is 0 Å². The summed E-state index contributed by atoms with van der Waals surface area (Å²) in [5.41, 5.74) is 27.8. The molecule has 16 aromatic carbocycles. The molecule has 0 amide bonds. The van der Waals surface area contributed by atoms with Crippen molar-refractivity contribution in [3.63, 3.8) is 0 Å². The quantitative estimate of drug-likeness (QED) is 0.102. The third kappa shape index (κ3) is 10.7. The molecule has 0 bridgehead atoms. The zero-order chi connectivity index (χ0) is 67.5. The van der Waals surface area contributed by atoms with E-state index in [1.807, 2.05) is 24.3 Å². The van der Waals surface area contributed by atoms with Gasteiger partial charge in [-0.2, -0.15) is 0 Å². The SMILES string of the molecule is c1ccc(N(c2ccc(-c3ccc(N(c4ccc(-c5ccc(N(c6ccccc6)c6ccc(-c7cccc8c7oc7ccccc78)cc6)cc5)cc4)c4ccc(-c5ccc6c(c5)c5ccccc5n6-c5ccccc5)cc4)cc3)cc2)c2ccc(-c3cccc4c3oc3ccccc34)cc2)cc1. The monoisotopic (exact) mass is 1300 g/mol. The summed E-state index contributed by atoms with van der Waals surface area (Å²) >= 11 is 0. The maximum absolute atomic E-state index is 6.46. The average Bonchev–Trinajstić information content (AvgIpc) is 1.60. The van der Waals surface area contributed by atoms with E-state index < -0.39 is 0 Å². The van der Waals surface area contributed by atoms with Gasteiger partial charge in [-0.25, -0.2) is 0 Å². The fraction of sp³-hybridized carbons (Fsp3) is 0. The fourth-order valence-electron chi connectivity index (χ4n) is 15.0. The molecular formula is C96H64N4O2. The second kappa shape index (κ2) is 25.3. The summed E-state index contributed by atoms with van der Waals surface area (Å²) in [4.78, 5) is 6.99. The number of benzene rings is 16. The van der Waals surface area contributed by atoms with Crippen LogP contribution >= 0.6 is 0 Å². The summed E-state index contributed by atoms with van der Waals surface area (Å²) in [6.45, 7) is 0. The molecule has 0 aliphatic carbocycles. The van der Waals surface area contributed by atoms with Crippen molar-refractivity contribution in [3.8, 4) is 61.3 Å². The molecule has 0 aliphatic heterocycles. The number of para-hydroxylation sites is 8. The Balaban J connectivity index is 0.632. The van der Waals surface area contributed by atoms with Gasteiger partial charge in [0.05, 0.1) is 11.0 Å². The predicted molar refractivity (Wildman–Crippen MR) is 427 cm³/mol. The number of anilines is 9. The molecule has 19 aromatic rings. The van der Waals surface area contributed by atoms with Gasteiger partial charge < -0.3 is 28.1 Å². The van der Waals surface area contributed by atoms with Crippen LogP contribution in [0, 0.1) is 0 Å². The highest BCUT2D eigenvalue weighted by atomic mass is 16.3. The molecule has 0 radical (unpaired) electrons. The topological polar surface area (TPSA) is 40.9 Å². The minimum atomic E-state index is 0.896. The third-order valence-electron chi connectivity index (χ3n) is 20.0. The zero-order valence-corrected chi connectivity index (χ0v) is 55.6. The summed E-state index contributed by atoms with van der Waals surface area (Å²) in [5.74, 6) is 0. The van der Waals surface area contributed by atoms with Crippen molar-refractivity contribution >= 4 is 117 Å². The highest BCUT2D eigenvalue weighted by Gasteiger charge is 2.21. The van der Waals surface area contributed by atoms with Gasteiger partial charge in [-0.05, 0) is 196 Å². The van der Waals surface area contributed by atoms with Crippen LogP contribution in [-0.4, -0.2) is 4.57 Å². The third-order valence-corrected chi connectivity index (χ3v) is 20.0. The molecule has 19 rings (SSSR count). The minimum Gasteiger partial charge on any atom is -0.455 e. The van der Waals surface area contributed by atoms with E-state index in [-0.39, 0.29) is 0 Å². The highest BCUT2D eigenvalue weighted by Crippen LogP contribution is 2.45. The van der Waals surface area contributed by atoms with Crippen molar-refractivity contribution in [1.82, 2.24) is 4.57 Å². The van der Waals surface area contributed by atoms with Crippen molar-refractivity contribution in [2.75, 3.05) is 14.7 Å². The van der Waals surface area contributed by atoms with E-state index in [1.54, 1.807) is 0 Å². The van der Waals surface area contributed by atoms with Crippen LogP contribution in [0.4, 0.5) is 51.2 Å². The maximum atomic E-state index is 6.46. The zero-order valence-electron chi connectivity index (χ0n) is 55.6. The first-order valence-electron chi connectivity index (χ1n) is 34.7. The van der Waals surface area contributed by atoms with E-state index in [0.717, 1.165) is 156 Å². The van der Waals surface area contributed by atoms with E-state index in [1.165, 1.54) is 21.8 Å². The van der Waals surface area contributed by atoms with Gasteiger partial charge in [-0.3, -0.25) is 0 Å². The molecule has 0 spiro atoms. The molecule has 0 aliphatic rings. The van der Waals surface area contributed by atoms with Crippen LogP contribution in [0.15, 0.2) is 397 Å². The van der Waals surface area contributed by atoms with E-state index in [0.29, 0.717) is 0 Å². The lowest BCUT2D eigenvalue weighted by atomic mass is 10.0. The molecule has 0 fully saturated rings. The first-order chi connectivity index (χ1) is 50.6. The lowest BCUT2D eigenvalue weighted by Crippen LogP contribution is -2.10. The van der Waals surface area contributed by atoms with Gasteiger partial charge in [-0.1, -0.05) is 237 Å². The molecule has 0 unspecified atom stereocenters. The number of hydrogen-bond acceptors (Lipinski definition) is 5. The molecule has 6 heteroatoms. The van der Waals surface area contributed by atoms with Crippen LogP contribution in [0.25, 0.3) is 127 Å². The van der Waals surface area contributed by atoms with E-state index >= 15 is 0 Å². The van der Waals surface area contributed by atoms with Gasteiger partial charge in [0.15, 0.2) is 0 Å². The molecule has 0 atom stereocenters. The molecule has 480 valence electrons. The molecule has 6 nitrogen and oxygen atoms in total. The van der Waals surface area contributed by atoms with Crippen LogP contribution < -0.4 is 14.7 Å². The van der Waals surface area contributed by atoms with E-state index in [2.05, 4.69) is 383 Å². The van der Waals surface area contributed by atoms with Crippen molar-refractivity contribution in [2.45, 2.75) is 0 Å². The molecule has 3 aromatic heterocycles. The highest BCUT2D eigenvalue weighted by molar-refractivity contribution is 6.12. The van der Waals surface area contributed by atoms with E-state index in [9.17, 15) is 0 Å². The fourth-order valence-corrected chi connectivity index (χ4v) is 15.0. The Morgan fingerprint density at radius 2 is 0.471 bits per heavy atom. The Hall–Kier alpha value is -13.7. The summed E-state index contributed by atoms with van der Waals surface area (Å²) in [6.07, 6.45) is 0. The van der Waals surface area contributed by atoms with E-state index in [4.69, 9.17) is 8.83 Å². The molecule has 0 saturated carbocycles. The van der Waals surface area contributed by atoms with Gasteiger partial charge in [-0.15, -0.1) is 0 Å². The Labute approximate surface area is 590 Å². The molecule has 102 heavy (non-hydrogen) atoms. The summed E-state index contributed by atoms with van der Waals surface area (Å²) < 4.78 is 15.3. The van der Waals surface area contributed by atoms with Crippen LogP contribution in [0.3, 0.4) is 0 Å². The van der Waals surface area contributed by atoms with Gasteiger partial charge >= 0.3 is 0 Å². The van der Waals surface area contributed by atoms with Crippen LogP contribution in [0.2, 0.25) is 0 Å². The average molecular weight is 1310 g/mol. The second-order valence-electron chi connectivity index (χ2n) is 26.0. The normalized spacial score (nSPS) is 11.5. The van der Waals surface area contributed by atoms with Gasteiger partial charge in [0.2, 0.25) is 0 Å². The van der Waals surface area contributed by atoms with Crippen molar-refractivity contribution < 1.29 is 8.83 Å². The van der Waals surface area contributed by atoms with Gasteiger partial charge in [0.1, 0.15) is 22.3 Å². The van der Waals surface area contributed by atoms with Gasteiger partial charge in [0, 0.05) is 100 Å². The lowest BCUT2D eigenvalue weighted by Gasteiger charge is -2.27. The number of hydrogen-bond donors (Lipinski definition) is 0. The predicted octanol–water partition coefficient (Wildman–Crippen LogP) is 27.3. The smallest absolute Gasteiger partial charge is 0.143 e. The lowest BCUT2D eigenvalue weighted by molar-refractivity contribution is 0.669. The van der Waals surface area contributed by atoms with Crippen molar-refractivity contribution in [2.24, 2.45) is 0 Å². The minimum absolute atomic E-state index is 0.896. The largest absolute Gasteiger partial charge is 0.455 e. The van der Waals surface area contributed by atoms with Crippen LogP contribution in [0.1, 0.15) is 0 Å². The Bertz CT molecular complexity index is 5960. The summed E-state index contributed by atoms with van der Waals surface area (Å²) in [7, 11) is 0. The second-order valence-corrected chi connectivity index (χ2v) is 26.0. The number of nitrogens with zero attached hydrogens (tertiary/aromatic N) is 4. The Kier molecular flexibility index (Phi) is 14.8. The molecule has 0 saturated heterocycles. The summed E-state index contributed by atoms with van der Waals surface area (Å²) in [6, 6.07) is 139. The summed E-state index contributed by atoms with van der Waals surface area (Å²) in [5, 5.41) is 6.95. The van der Waals surface area contributed by atoms with Crippen LogP contribution in [-0.2, 0) is 0 Å². The Morgan fingerprint density at radius 3 is 0.863 bits per heavy atom. The number of fused-ring (bicyclic) bond motifs is 9. The molecule has 3 heterocycles. The first-order valence-corrected chi connectivity index (χ1v) is 34.7. The van der Waals surface area contributed by atoms with Crippen molar-refractivity contribution in [3.05, 3.63) is 388 Å². The molecular weight excluding hydrogens is 1240 g/mol. The van der Waals surface area contributed by atoms with Gasteiger partial charge in [0.25, 0.3) is 0 Å². The number of furan rings is 2. The first kappa shape index (κ1) is 59.6. The standard InChI is InChI=1S/C96H64N4O2/c1-4-18-73(19-5-1)97(81-59-44-70(45-60-81)83-27-16-29-88-86-25-11-14-32-93(86)101-95(83)88)76-49-34-65(35-50-76)67-38-53-78(54-39-67)99(80-57-42-69(43-58-80)72-48-63-92-90(64-72)85-24-10-13-31-91(85)100(92)75-22-8-3-9-23-75)79-55-40-68(41-56-79)66-36-51-77(52-37-66)98(74-20-6-2-7-21-74)82-61-46-71(47-62-82)84-28-17-30-89-87-26-12-15-33-94(87)102-96(84)89/h1-64H. The number of aromatic nitrogens is 1. The number of rotatable bonds is 15. The maximum Gasteiger partial charge on any atom is 0.143 e. The Morgan fingerprint density at radius 1 is 0.186 bits per heavy atom. The molecule has 0 N–H and O–H groups in total.